The first-order chi connectivity index (χ1) is 6.75. The fourth-order valence-corrected chi connectivity index (χ4v) is 1.79. The van der Waals surface area contributed by atoms with Gasteiger partial charge in [0, 0.05) is 0 Å². The van der Waals surface area contributed by atoms with Gasteiger partial charge in [0.05, 0.1) is 0 Å². The minimum atomic E-state index is -3.17. The summed E-state index contributed by atoms with van der Waals surface area (Å²) in [7, 11) is 0. The monoisotopic (exact) mass is 254 g/mol. The Labute approximate surface area is 86.4 Å². The third kappa shape index (κ3) is 2.04. The van der Waals surface area contributed by atoms with Crippen LogP contribution in [-0.2, 0) is 0 Å². The van der Waals surface area contributed by atoms with Gasteiger partial charge in [-0.15, -0.1) is 3.83 Å². The van der Waals surface area contributed by atoms with Gasteiger partial charge in [-0.3, -0.25) is 0 Å². The van der Waals surface area contributed by atoms with Crippen molar-refractivity contribution in [2.24, 2.45) is 0 Å². The maximum absolute atomic E-state index is 10.4. The van der Waals surface area contributed by atoms with Crippen LogP contribution in [0.5, 0.6) is 5.75 Å². The Morgan fingerprint density at radius 3 is 2.36 bits per heavy atom. The molecule has 4 heteroatoms. The summed E-state index contributed by atoms with van der Waals surface area (Å²) in [5.41, 5.74) is 0. The summed E-state index contributed by atoms with van der Waals surface area (Å²) in [5, 5.41) is 2.03. The summed E-state index contributed by atoms with van der Waals surface area (Å²) in [6, 6.07) is 12.9. The van der Waals surface area contributed by atoms with E-state index in [-0.39, 0.29) is 0 Å². The zero-order chi connectivity index (χ0) is 9.97. The van der Waals surface area contributed by atoms with E-state index in [4.69, 9.17) is 0 Å². The van der Waals surface area contributed by atoms with Crippen molar-refractivity contribution in [3.63, 3.8) is 0 Å². The fraction of sp³-hybridized carbons (Fsp3) is 0. The number of fused-ring (bicyclic) bond motifs is 1. The molecule has 72 valence electrons. The summed E-state index contributed by atoms with van der Waals surface area (Å²) in [5.74, 6) is 0.365. The van der Waals surface area contributed by atoms with Crippen LogP contribution in [0.3, 0.4) is 0 Å². The van der Waals surface area contributed by atoms with Crippen LogP contribution in [0.15, 0.2) is 42.5 Å². The first-order valence-corrected chi connectivity index (χ1v) is 5.92. The minimum Gasteiger partial charge on any atom is -0.361 e. The van der Waals surface area contributed by atoms with Gasteiger partial charge in [-0.2, -0.15) is 0 Å². The molecule has 2 aromatic rings. The Balaban J connectivity index is 2.41. The zero-order valence-electron chi connectivity index (χ0n) is 7.14. The van der Waals surface area contributed by atoms with Crippen molar-refractivity contribution in [3.05, 3.63) is 42.5 Å². The van der Waals surface area contributed by atoms with Gasteiger partial charge in [0.15, 0.2) is 0 Å². The number of hydrogen-bond acceptors (Lipinski definition) is 3. The lowest BCUT2D eigenvalue weighted by Crippen LogP contribution is -2.36. The average molecular weight is 255 g/mol. The summed E-state index contributed by atoms with van der Waals surface area (Å²) in [6.45, 7) is 0. The average Bonchev–Trinajstić information content (AvgIpc) is 2.17. The van der Waals surface area contributed by atoms with E-state index in [1.54, 1.807) is 12.1 Å². The predicted molar refractivity (Wildman–Crippen MR) is 44.6 cm³/mol. The van der Waals surface area contributed by atoms with Crippen LogP contribution < -0.4 is 12.2 Å². The normalized spacial score (nSPS) is 10.8. The van der Waals surface area contributed by atoms with E-state index in [0.29, 0.717) is 5.75 Å². The molecule has 0 fully saturated rings. The molecule has 3 nitrogen and oxygen atoms in total. The largest absolute Gasteiger partial charge is 0.501 e. The molecule has 0 N–H and O–H groups in total. The van der Waals surface area contributed by atoms with Crippen molar-refractivity contribution in [2.45, 2.75) is 0 Å². The summed E-state index contributed by atoms with van der Waals surface area (Å²) in [6.07, 6.45) is 0. The molecule has 0 bridgehead atoms. The molecular weight excluding hydrogens is 248 g/mol. The topological polar surface area (TPSA) is 55.3 Å². The number of halogens is 1. The molecule has 0 heterocycles. The molecule has 14 heavy (non-hydrogen) atoms. The van der Waals surface area contributed by atoms with E-state index < -0.39 is 14.8 Å². The number of benzene rings is 2. The van der Waals surface area contributed by atoms with Crippen LogP contribution in [0.1, 0.15) is 0 Å². The number of rotatable bonds is 2. The molecule has 0 aliphatic carbocycles. The van der Waals surface area contributed by atoms with E-state index >= 15 is 0 Å². The zero-order valence-corrected chi connectivity index (χ0v) is 8.73. The molecule has 0 saturated heterocycles. The van der Waals surface area contributed by atoms with Crippen LogP contribution in [0.4, 0.5) is 0 Å². The van der Waals surface area contributed by atoms with Crippen molar-refractivity contribution < 1.29 is 27.0 Å². The second-order valence-corrected chi connectivity index (χ2v) is 3.89. The van der Waals surface area contributed by atoms with Crippen LogP contribution in [0.25, 0.3) is 10.8 Å². The van der Waals surface area contributed by atoms with Gasteiger partial charge in [-0.1, -0.05) is 30.3 Å². The van der Waals surface area contributed by atoms with Gasteiger partial charge in [0.1, 0.15) is 0 Å². The van der Waals surface area contributed by atoms with Crippen molar-refractivity contribution in [1.82, 2.24) is 0 Å². The Hall–Kier alpha value is -1.10. The highest BCUT2D eigenvalue weighted by Crippen LogP contribution is 2.20. The second-order valence-electron chi connectivity index (χ2n) is 2.78. The van der Waals surface area contributed by atoms with Crippen molar-refractivity contribution in [1.29, 1.82) is 0 Å². The highest BCUT2D eigenvalue weighted by Gasteiger charge is 2.12. The second kappa shape index (κ2) is 3.96. The van der Waals surface area contributed by atoms with Crippen molar-refractivity contribution in [3.8, 4) is 5.75 Å². The van der Waals surface area contributed by atoms with E-state index in [1.165, 1.54) is 0 Å². The van der Waals surface area contributed by atoms with Crippen molar-refractivity contribution >= 4 is 10.8 Å². The van der Waals surface area contributed by atoms with Gasteiger partial charge in [-0.05, 0) is 22.9 Å². The van der Waals surface area contributed by atoms with Gasteiger partial charge in [-0.25, -0.2) is 0 Å². The molecule has 0 radical (unpaired) electrons. The molecule has 0 saturated carbocycles. The van der Waals surface area contributed by atoms with Crippen LogP contribution in [0, 0.1) is 14.8 Å². The molecule has 0 atom stereocenters. The van der Waals surface area contributed by atoms with E-state index in [0.717, 1.165) is 10.8 Å². The number of hydrogen-bond donors (Lipinski definition) is 0. The van der Waals surface area contributed by atoms with Crippen LogP contribution in [0.2, 0.25) is 0 Å². The quantitative estimate of drug-likeness (QED) is 0.775. The van der Waals surface area contributed by atoms with E-state index in [1.807, 2.05) is 30.3 Å². The first kappa shape index (κ1) is 9.45. The van der Waals surface area contributed by atoms with Gasteiger partial charge in [0.2, 0.25) is 5.75 Å². The SMILES string of the molecule is [O-][Br+2]([O-])Oc1ccc2ccccc2c1. The Morgan fingerprint density at radius 1 is 0.929 bits per heavy atom. The summed E-state index contributed by atoms with van der Waals surface area (Å²) >= 11 is -3.17. The lowest BCUT2D eigenvalue weighted by atomic mass is 10.1. The lowest BCUT2D eigenvalue weighted by Gasteiger charge is -1.98. The Bertz CT molecular complexity index is 442. The molecule has 0 amide bonds. The fourth-order valence-electron chi connectivity index (χ4n) is 1.29. The smallest absolute Gasteiger partial charge is 0.361 e. The summed E-state index contributed by atoms with van der Waals surface area (Å²) < 4.78 is 25.3. The van der Waals surface area contributed by atoms with E-state index in [2.05, 4.69) is 3.83 Å². The predicted octanol–water partition coefficient (Wildman–Crippen LogP) is 0.305. The Morgan fingerprint density at radius 2 is 1.64 bits per heavy atom. The minimum absolute atomic E-state index is 0.365. The molecule has 0 unspecified atom stereocenters. The molecule has 0 aliphatic rings. The third-order valence-corrected chi connectivity index (χ3v) is 2.51. The molecule has 2 aromatic carbocycles. The highest BCUT2D eigenvalue weighted by molar-refractivity contribution is 5.83. The maximum Gasteiger partial charge on any atom is 0.501 e. The molecular formula is C10H7BrO3. The van der Waals surface area contributed by atoms with Crippen LogP contribution in [-0.4, -0.2) is 0 Å². The highest BCUT2D eigenvalue weighted by atomic mass is 80.0. The first-order valence-electron chi connectivity index (χ1n) is 3.98. The van der Waals surface area contributed by atoms with E-state index in [9.17, 15) is 8.40 Å². The van der Waals surface area contributed by atoms with Crippen LogP contribution >= 0.6 is 0 Å². The maximum atomic E-state index is 10.4. The van der Waals surface area contributed by atoms with Gasteiger partial charge >= 0.3 is 14.8 Å². The Kier molecular flexibility index (Phi) is 2.67. The van der Waals surface area contributed by atoms with Crippen molar-refractivity contribution in [2.75, 3.05) is 0 Å². The molecule has 0 spiro atoms. The standard InChI is InChI=1S/C10H7BrO3/c12-11(13)14-10-6-5-8-3-1-2-4-9(8)7-10/h1-7H. The third-order valence-electron chi connectivity index (χ3n) is 1.87. The van der Waals surface area contributed by atoms with Gasteiger partial charge in [0.25, 0.3) is 0 Å². The molecule has 2 rings (SSSR count). The lowest BCUT2D eigenvalue weighted by molar-refractivity contribution is -1.62. The summed E-state index contributed by atoms with van der Waals surface area (Å²) in [4.78, 5) is 0. The van der Waals surface area contributed by atoms with Gasteiger partial charge < -0.3 is 8.40 Å². The molecule has 0 aromatic heterocycles. The molecule has 0 aliphatic heterocycles.